The van der Waals surface area contributed by atoms with Gasteiger partial charge in [0.05, 0.1) is 29.9 Å². The Bertz CT molecular complexity index is 975. The molecule has 13 heteroatoms. The van der Waals surface area contributed by atoms with E-state index in [1.165, 1.54) is 12.1 Å². The SMILES string of the molecule is O=C(CO[C@H]1C[C@@H](OC(F)(F)F)C1)N[C@H]1CC[C@H](c2nnc(-c3ccc(Cl)c(F)c3)o2)OC1. The van der Waals surface area contributed by atoms with Gasteiger partial charge in [0.1, 0.15) is 18.5 Å². The fourth-order valence-electron chi connectivity index (χ4n) is 3.57. The van der Waals surface area contributed by atoms with Crippen LogP contribution in [0.25, 0.3) is 11.5 Å². The molecule has 0 spiro atoms. The third-order valence-corrected chi connectivity index (χ3v) is 5.63. The Labute approximate surface area is 190 Å². The summed E-state index contributed by atoms with van der Waals surface area (Å²) >= 11 is 5.68. The Hall–Kier alpha value is -2.28. The van der Waals surface area contributed by atoms with Crippen LogP contribution in [0.15, 0.2) is 22.6 Å². The molecule has 1 aliphatic carbocycles. The predicted molar refractivity (Wildman–Crippen MR) is 104 cm³/mol. The molecule has 0 bridgehead atoms. The van der Waals surface area contributed by atoms with Crippen molar-refractivity contribution in [3.63, 3.8) is 0 Å². The Morgan fingerprint density at radius 2 is 2.00 bits per heavy atom. The number of hydrogen-bond acceptors (Lipinski definition) is 7. The quantitative estimate of drug-likeness (QED) is 0.583. The molecule has 0 radical (unpaired) electrons. The van der Waals surface area contributed by atoms with Crippen molar-refractivity contribution in [3.8, 4) is 11.5 Å². The topological polar surface area (TPSA) is 95.7 Å². The number of nitrogens with zero attached hydrogens (tertiary/aromatic N) is 2. The Kier molecular flexibility index (Phi) is 7.17. The number of benzene rings is 1. The van der Waals surface area contributed by atoms with E-state index in [0.717, 1.165) is 0 Å². The number of rotatable bonds is 7. The van der Waals surface area contributed by atoms with Crippen LogP contribution in [0.1, 0.15) is 37.7 Å². The molecule has 1 aromatic heterocycles. The lowest BCUT2D eigenvalue weighted by molar-refractivity contribution is -0.357. The molecule has 2 atom stereocenters. The van der Waals surface area contributed by atoms with Gasteiger partial charge in [0, 0.05) is 18.4 Å². The predicted octanol–water partition coefficient (Wildman–Crippen LogP) is 3.95. The maximum atomic E-state index is 13.6. The second-order valence-corrected chi connectivity index (χ2v) is 8.24. The largest absolute Gasteiger partial charge is 0.522 e. The average molecular weight is 494 g/mol. The molecule has 4 rings (SSSR count). The van der Waals surface area contributed by atoms with Gasteiger partial charge in [-0.25, -0.2) is 4.39 Å². The van der Waals surface area contributed by atoms with E-state index >= 15 is 0 Å². The smallest absolute Gasteiger partial charge is 0.418 e. The van der Waals surface area contributed by atoms with Crippen molar-refractivity contribution in [2.75, 3.05) is 13.2 Å². The molecule has 1 aromatic carbocycles. The van der Waals surface area contributed by atoms with Gasteiger partial charge in [-0.1, -0.05) is 11.6 Å². The third kappa shape index (κ3) is 6.40. The number of nitrogens with one attached hydrogen (secondary N) is 1. The summed E-state index contributed by atoms with van der Waals surface area (Å²) in [5.74, 6) is -0.603. The summed E-state index contributed by atoms with van der Waals surface area (Å²) in [6, 6.07) is 3.89. The molecule has 1 amide bonds. The van der Waals surface area contributed by atoms with Gasteiger partial charge in [0.2, 0.25) is 17.7 Å². The van der Waals surface area contributed by atoms with Gasteiger partial charge < -0.3 is 19.2 Å². The van der Waals surface area contributed by atoms with Gasteiger partial charge in [0.15, 0.2) is 0 Å². The molecular weight excluding hydrogens is 474 g/mol. The zero-order valence-corrected chi connectivity index (χ0v) is 17.9. The van der Waals surface area contributed by atoms with Crippen LogP contribution < -0.4 is 5.32 Å². The molecule has 1 saturated carbocycles. The number of ether oxygens (including phenoxy) is 3. The lowest BCUT2D eigenvalue weighted by Crippen LogP contribution is -2.45. The lowest BCUT2D eigenvalue weighted by Gasteiger charge is -2.35. The van der Waals surface area contributed by atoms with E-state index in [9.17, 15) is 22.4 Å². The Balaban J connectivity index is 1.17. The van der Waals surface area contributed by atoms with Crippen molar-refractivity contribution in [1.29, 1.82) is 0 Å². The van der Waals surface area contributed by atoms with Gasteiger partial charge in [-0.15, -0.1) is 23.4 Å². The number of hydrogen-bond donors (Lipinski definition) is 1. The minimum Gasteiger partial charge on any atom is -0.418 e. The standard InChI is InChI=1S/C20H20ClF4N3O5/c21-14-3-1-10(5-15(14)22)18-27-28-19(32-18)16-4-2-11(8-31-16)26-17(29)9-30-12-6-13(7-12)33-20(23,24)25/h1,3,5,11-13,16H,2,4,6-9H2,(H,26,29)/t11-,12-,13+,16+/m0/s1. The summed E-state index contributed by atoms with van der Waals surface area (Å²) in [5, 5.41) is 10.6. The highest BCUT2D eigenvalue weighted by Gasteiger charge is 2.40. The lowest BCUT2D eigenvalue weighted by atomic mass is 9.92. The molecule has 8 nitrogen and oxygen atoms in total. The summed E-state index contributed by atoms with van der Waals surface area (Å²) < 4.78 is 70.4. The van der Waals surface area contributed by atoms with Crippen molar-refractivity contribution in [3.05, 3.63) is 34.9 Å². The molecule has 0 unspecified atom stereocenters. The molecule has 1 N–H and O–H groups in total. The van der Waals surface area contributed by atoms with Crippen molar-refractivity contribution in [2.24, 2.45) is 0 Å². The molecule has 33 heavy (non-hydrogen) atoms. The number of halogens is 5. The highest BCUT2D eigenvalue weighted by Crippen LogP contribution is 2.32. The van der Waals surface area contributed by atoms with Gasteiger partial charge in [-0.2, -0.15) is 0 Å². The second kappa shape index (κ2) is 9.92. The van der Waals surface area contributed by atoms with Gasteiger partial charge in [0.25, 0.3) is 0 Å². The fraction of sp³-hybridized carbons (Fsp3) is 0.550. The average Bonchev–Trinajstić information content (AvgIpc) is 3.21. The molecule has 1 saturated heterocycles. The molecule has 1 aliphatic heterocycles. The van der Waals surface area contributed by atoms with Crippen molar-refractivity contribution >= 4 is 17.5 Å². The van der Waals surface area contributed by atoms with Crippen molar-refractivity contribution in [2.45, 2.75) is 56.4 Å². The van der Waals surface area contributed by atoms with E-state index < -0.39 is 30.5 Å². The number of carbonyl (C=O) groups excluding carboxylic acids is 1. The number of aromatic nitrogens is 2. The molecule has 2 heterocycles. The zero-order chi connectivity index (χ0) is 23.6. The van der Waals surface area contributed by atoms with Gasteiger partial charge >= 0.3 is 6.36 Å². The van der Waals surface area contributed by atoms with E-state index in [2.05, 4.69) is 20.3 Å². The first-order valence-electron chi connectivity index (χ1n) is 10.2. The van der Waals surface area contributed by atoms with E-state index in [0.29, 0.717) is 18.4 Å². The highest BCUT2D eigenvalue weighted by atomic mass is 35.5. The first kappa shape index (κ1) is 23.9. The second-order valence-electron chi connectivity index (χ2n) is 7.83. The first-order chi connectivity index (χ1) is 15.7. The van der Waals surface area contributed by atoms with Crippen LogP contribution in [0, 0.1) is 5.82 Å². The van der Waals surface area contributed by atoms with Gasteiger partial charge in [-0.3, -0.25) is 9.53 Å². The third-order valence-electron chi connectivity index (χ3n) is 5.33. The van der Waals surface area contributed by atoms with Crippen molar-refractivity contribution < 1.29 is 41.0 Å². The first-order valence-corrected chi connectivity index (χ1v) is 10.6. The number of carbonyl (C=O) groups is 1. The monoisotopic (exact) mass is 493 g/mol. The van der Waals surface area contributed by atoms with Gasteiger partial charge in [-0.05, 0) is 31.0 Å². The molecular formula is C20H20ClF4N3O5. The highest BCUT2D eigenvalue weighted by molar-refractivity contribution is 6.30. The van der Waals surface area contributed by atoms with Crippen LogP contribution in [-0.4, -0.2) is 53.9 Å². The summed E-state index contributed by atoms with van der Waals surface area (Å²) in [6.45, 7) is -0.0530. The van der Waals surface area contributed by atoms with Crippen LogP contribution in [0.4, 0.5) is 17.6 Å². The minimum atomic E-state index is -4.66. The van der Waals surface area contributed by atoms with E-state index in [1.807, 2.05) is 0 Å². The van der Waals surface area contributed by atoms with E-state index in [-0.39, 0.29) is 54.8 Å². The summed E-state index contributed by atoms with van der Waals surface area (Å²) in [7, 11) is 0. The zero-order valence-electron chi connectivity index (χ0n) is 17.1. The summed E-state index contributed by atoms with van der Waals surface area (Å²) in [6.07, 6.45) is -5.22. The molecule has 2 aromatic rings. The maximum Gasteiger partial charge on any atom is 0.522 e. The Morgan fingerprint density at radius 1 is 1.21 bits per heavy atom. The summed E-state index contributed by atoms with van der Waals surface area (Å²) in [4.78, 5) is 12.0. The minimum absolute atomic E-state index is 0.0139. The number of amides is 1. The Morgan fingerprint density at radius 3 is 2.67 bits per heavy atom. The van der Waals surface area contributed by atoms with Crippen LogP contribution in [0.2, 0.25) is 5.02 Å². The molecule has 2 aliphatic rings. The van der Waals surface area contributed by atoms with Crippen LogP contribution >= 0.6 is 11.6 Å². The maximum absolute atomic E-state index is 13.6. The number of alkyl halides is 3. The molecule has 180 valence electrons. The summed E-state index contributed by atoms with van der Waals surface area (Å²) in [5.41, 5.74) is 0.388. The normalized spacial score (nSPS) is 25.5. The van der Waals surface area contributed by atoms with Crippen LogP contribution in [0.3, 0.4) is 0 Å². The van der Waals surface area contributed by atoms with E-state index in [4.69, 9.17) is 25.5 Å². The van der Waals surface area contributed by atoms with E-state index in [1.54, 1.807) is 6.07 Å². The van der Waals surface area contributed by atoms with Crippen molar-refractivity contribution in [1.82, 2.24) is 15.5 Å². The van der Waals surface area contributed by atoms with Crippen LogP contribution in [-0.2, 0) is 19.0 Å². The molecule has 2 fully saturated rings. The fourth-order valence-corrected chi connectivity index (χ4v) is 3.69. The van der Waals surface area contributed by atoms with Crippen LogP contribution in [0.5, 0.6) is 0 Å².